The van der Waals surface area contributed by atoms with E-state index in [0.29, 0.717) is 38.4 Å². The van der Waals surface area contributed by atoms with E-state index in [1.54, 1.807) is 29.4 Å². The SMILES string of the molecule is CC(C)n1cnc([C@@H]2CN(C(=O)c3ccco3)C[C@@]23CCN(Cc2cccnc2)C3=O)c1. The molecule has 2 aliphatic heterocycles. The predicted octanol–water partition coefficient (Wildman–Crippen LogP) is 3.11. The molecule has 5 rings (SSSR count). The molecule has 0 N–H and O–H groups in total. The summed E-state index contributed by atoms with van der Waals surface area (Å²) in [6, 6.07) is 7.51. The first-order valence-corrected chi connectivity index (χ1v) is 11.0. The summed E-state index contributed by atoms with van der Waals surface area (Å²) < 4.78 is 7.40. The third kappa shape index (κ3) is 3.39. The third-order valence-corrected chi connectivity index (χ3v) is 6.77. The standard InChI is InChI=1S/C24H27N5O3/c1-17(2)29-14-20(26-16-29)19-13-28(22(30)21-6-4-10-32-21)15-24(19)7-9-27(23(24)31)12-18-5-3-8-25-11-18/h3-6,8,10-11,14,16-17,19H,7,9,12-13,15H2,1-2H3/t19-,24-/m0/s1. The van der Waals surface area contributed by atoms with Gasteiger partial charge in [-0.3, -0.25) is 14.6 Å². The van der Waals surface area contributed by atoms with Gasteiger partial charge < -0.3 is 18.8 Å². The monoisotopic (exact) mass is 433 g/mol. The molecule has 2 aliphatic rings. The van der Waals surface area contributed by atoms with Crippen molar-refractivity contribution in [3.8, 4) is 0 Å². The molecule has 3 aromatic rings. The fourth-order valence-electron chi connectivity index (χ4n) is 5.00. The van der Waals surface area contributed by atoms with Crippen molar-refractivity contribution in [2.45, 2.75) is 38.8 Å². The van der Waals surface area contributed by atoms with E-state index in [0.717, 1.165) is 11.3 Å². The first-order chi connectivity index (χ1) is 15.5. The van der Waals surface area contributed by atoms with Crippen LogP contribution in [0.2, 0.25) is 0 Å². The van der Waals surface area contributed by atoms with Crippen molar-refractivity contribution in [1.29, 1.82) is 0 Å². The zero-order valence-corrected chi connectivity index (χ0v) is 18.3. The van der Waals surface area contributed by atoms with Gasteiger partial charge in [-0.15, -0.1) is 0 Å². The molecule has 0 bridgehead atoms. The topological polar surface area (TPSA) is 84.5 Å². The lowest BCUT2D eigenvalue weighted by Crippen LogP contribution is -2.40. The zero-order chi connectivity index (χ0) is 22.3. The van der Waals surface area contributed by atoms with Crippen molar-refractivity contribution in [3.63, 3.8) is 0 Å². The summed E-state index contributed by atoms with van der Waals surface area (Å²) >= 11 is 0. The van der Waals surface area contributed by atoms with E-state index >= 15 is 0 Å². The second-order valence-electron chi connectivity index (χ2n) is 9.05. The number of hydrogen-bond acceptors (Lipinski definition) is 5. The van der Waals surface area contributed by atoms with E-state index in [2.05, 4.69) is 23.8 Å². The number of carbonyl (C=O) groups is 2. The van der Waals surface area contributed by atoms with Gasteiger partial charge in [0, 0.05) is 56.7 Å². The Hall–Kier alpha value is -3.42. The second-order valence-corrected chi connectivity index (χ2v) is 9.05. The smallest absolute Gasteiger partial charge is 0.289 e. The van der Waals surface area contributed by atoms with Crippen LogP contribution in [-0.2, 0) is 11.3 Å². The summed E-state index contributed by atoms with van der Waals surface area (Å²) in [6.45, 7) is 6.18. The van der Waals surface area contributed by atoms with Crippen molar-refractivity contribution < 1.29 is 14.0 Å². The van der Waals surface area contributed by atoms with Crippen LogP contribution in [-0.4, -0.2) is 55.8 Å². The molecule has 32 heavy (non-hydrogen) atoms. The number of likely N-dealkylation sites (tertiary alicyclic amines) is 2. The molecule has 2 atom stereocenters. The maximum absolute atomic E-state index is 13.8. The third-order valence-electron chi connectivity index (χ3n) is 6.77. The highest BCUT2D eigenvalue weighted by atomic mass is 16.3. The molecule has 8 nitrogen and oxygen atoms in total. The molecule has 0 aromatic carbocycles. The number of hydrogen-bond donors (Lipinski definition) is 0. The Labute approximate surface area is 186 Å². The zero-order valence-electron chi connectivity index (χ0n) is 18.3. The first-order valence-electron chi connectivity index (χ1n) is 11.0. The van der Waals surface area contributed by atoms with Crippen LogP contribution in [0.15, 0.2) is 59.9 Å². The highest BCUT2D eigenvalue weighted by Crippen LogP contribution is 2.50. The van der Waals surface area contributed by atoms with Gasteiger partial charge in [-0.2, -0.15) is 0 Å². The molecule has 0 saturated carbocycles. The molecule has 2 amide bonds. The van der Waals surface area contributed by atoms with E-state index in [-0.39, 0.29) is 23.8 Å². The molecule has 0 radical (unpaired) electrons. The maximum Gasteiger partial charge on any atom is 0.289 e. The number of aromatic nitrogens is 3. The van der Waals surface area contributed by atoms with Crippen LogP contribution >= 0.6 is 0 Å². The summed E-state index contributed by atoms with van der Waals surface area (Å²) in [7, 11) is 0. The summed E-state index contributed by atoms with van der Waals surface area (Å²) in [5.74, 6) is 0.0397. The van der Waals surface area contributed by atoms with Crippen molar-refractivity contribution in [3.05, 3.63) is 72.5 Å². The van der Waals surface area contributed by atoms with E-state index in [1.165, 1.54) is 6.26 Å². The molecule has 1 spiro atoms. The van der Waals surface area contributed by atoms with E-state index in [1.807, 2.05) is 34.1 Å². The first kappa shape index (κ1) is 20.5. The Balaban J connectivity index is 1.47. The Bertz CT molecular complexity index is 1110. The lowest BCUT2D eigenvalue weighted by atomic mass is 9.75. The Morgan fingerprint density at radius 1 is 1.31 bits per heavy atom. The Morgan fingerprint density at radius 2 is 2.19 bits per heavy atom. The number of imidazole rings is 1. The van der Waals surface area contributed by atoms with Gasteiger partial charge in [0.2, 0.25) is 5.91 Å². The minimum atomic E-state index is -0.680. The number of furan rings is 1. The fraction of sp³-hybridized carbons (Fsp3) is 0.417. The second kappa shape index (κ2) is 7.93. The molecule has 5 heterocycles. The number of nitrogens with zero attached hydrogens (tertiary/aromatic N) is 5. The van der Waals surface area contributed by atoms with Gasteiger partial charge in [0.1, 0.15) is 0 Å². The molecule has 0 aliphatic carbocycles. The minimum absolute atomic E-state index is 0.0835. The average Bonchev–Trinajstić information content (AvgIpc) is 3.58. The predicted molar refractivity (Wildman–Crippen MR) is 117 cm³/mol. The molecule has 166 valence electrons. The average molecular weight is 434 g/mol. The van der Waals surface area contributed by atoms with Crippen molar-refractivity contribution in [1.82, 2.24) is 24.3 Å². The van der Waals surface area contributed by atoms with Crippen LogP contribution in [0.4, 0.5) is 0 Å². The number of rotatable bonds is 5. The van der Waals surface area contributed by atoms with Crippen LogP contribution in [0.1, 0.15) is 54.0 Å². The van der Waals surface area contributed by atoms with Crippen molar-refractivity contribution in [2.24, 2.45) is 5.41 Å². The van der Waals surface area contributed by atoms with Gasteiger partial charge >= 0.3 is 0 Å². The molecule has 2 saturated heterocycles. The Morgan fingerprint density at radius 3 is 2.88 bits per heavy atom. The van der Waals surface area contributed by atoms with Gasteiger partial charge in [-0.05, 0) is 44.0 Å². The van der Waals surface area contributed by atoms with Gasteiger partial charge in [0.15, 0.2) is 5.76 Å². The Kier molecular flexibility index (Phi) is 5.07. The number of carbonyl (C=O) groups excluding carboxylic acids is 2. The van der Waals surface area contributed by atoms with Crippen LogP contribution in [0, 0.1) is 5.41 Å². The molecule has 3 aromatic heterocycles. The van der Waals surface area contributed by atoms with Gasteiger partial charge in [-0.25, -0.2) is 4.98 Å². The number of amides is 2. The van der Waals surface area contributed by atoms with Crippen LogP contribution in [0.25, 0.3) is 0 Å². The minimum Gasteiger partial charge on any atom is -0.459 e. The van der Waals surface area contributed by atoms with E-state index in [9.17, 15) is 9.59 Å². The molecule has 8 heteroatoms. The lowest BCUT2D eigenvalue weighted by molar-refractivity contribution is -0.136. The number of pyridine rings is 1. The van der Waals surface area contributed by atoms with Gasteiger partial charge in [0.05, 0.1) is 23.7 Å². The largest absolute Gasteiger partial charge is 0.459 e. The molecular weight excluding hydrogens is 406 g/mol. The van der Waals surface area contributed by atoms with Gasteiger partial charge in [-0.1, -0.05) is 6.07 Å². The summed E-state index contributed by atoms with van der Waals surface area (Å²) in [5, 5.41) is 0. The highest BCUT2D eigenvalue weighted by molar-refractivity contribution is 5.94. The normalized spacial score (nSPS) is 23.1. The maximum atomic E-state index is 13.8. The van der Waals surface area contributed by atoms with Crippen LogP contribution in [0.3, 0.4) is 0 Å². The fourth-order valence-corrected chi connectivity index (χ4v) is 5.00. The van der Waals surface area contributed by atoms with Crippen molar-refractivity contribution >= 4 is 11.8 Å². The quantitative estimate of drug-likeness (QED) is 0.617. The van der Waals surface area contributed by atoms with Gasteiger partial charge in [0.25, 0.3) is 5.91 Å². The summed E-state index contributed by atoms with van der Waals surface area (Å²) in [5.41, 5.74) is 1.19. The summed E-state index contributed by atoms with van der Waals surface area (Å²) in [4.78, 5) is 39.4. The van der Waals surface area contributed by atoms with Crippen LogP contribution in [0.5, 0.6) is 0 Å². The van der Waals surface area contributed by atoms with E-state index in [4.69, 9.17) is 4.42 Å². The molecule has 2 fully saturated rings. The summed E-state index contributed by atoms with van der Waals surface area (Å²) in [6.07, 6.45) is 9.55. The van der Waals surface area contributed by atoms with Crippen molar-refractivity contribution in [2.75, 3.05) is 19.6 Å². The van der Waals surface area contributed by atoms with E-state index < -0.39 is 5.41 Å². The molecular formula is C24H27N5O3. The highest BCUT2D eigenvalue weighted by Gasteiger charge is 2.58. The molecule has 0 unspecified atom stereocenters. The van der Waals surface area contributed by atoms with Crippen LogP contribution < -0.4 is 0 Å². The lowest BCUT2D eigenvalue weighted by Gasteiger charge is -2.27.